The van der Waals surface area contributed by atoms with Crippen LogP contribution in [0.2, 0.25) is 0 Å². The summed E-state index contributed by atoms with van der Waals surface area (Å²) in [5, 5.41) is 7.41. The van der Waals surface area contributed by atoms with Crippen molar-refractivity contribution in [3.05, 3.63) is 17.5 Å². The highest BCUT2D eigenvalue weighted by atomic mass is 32.2. The van der Waals surface area contributed by atoms with Crippen molar-refractivity contribution in [3.8, 4) is 0 Å². The maximum atomic E-state index is 11.5. The summed E-state index contributed by atoms with van der Waals surface area (Å²) in [5.74, 6) is 0.679. The lowest BCUT2D eigenvalue weighted by molar-refractivity contribution is 0.565. The fourth-order valence-corrected chi connectivity index (χ4v) is 2.72. The summed E-state index contributed by atoms with van der Waals surface area (Å²) < 4.78 is 24.9. The second kappa shape index (κ2) is 6.33. The van der Waals surface area contributed by atoms with Crippen molar-refractivity contribution < 1.29 is 8.42 Å². The van der Waals surface area contributed by atoms with Gasteiger partial charge in [0, 0.05) is 23.6 Å². The molecule has 0 spiro atoms. The van der Waals surface area contributed by atoms with Gasteiger partial charge in [-0.3, -0.25) is 4.68 Å². The molecule has 0 aromatic carbocycles. The van der Waals surface area contributed by atoms with E-state index in [-0.39, 0.29) is 11.5 Å². The van der Waals surface area contributed by atoms with Crippen molar-refractivity contribution in [2.45, 2.75) is 39.8 Å². The molecule has 0 aliphatic carbocycles. The van der Waals surface area contributed by atoms with Gasteiger partial charge >= 0.3 is 0 Å². The van der Waals surface area contributed by atoms with Crippen LogP contribution in [-0.2, 0) is 22.9 Å². The van der Waals surface area contributed by atoms with Gasteiger partial charge in [0.15, 0.2) is 9.84 Å². The molecule has 18 heavy (non-hydrogen) atoms. The molecule has 0 atom stereocenters. The molecule has 0 aliphatic rings. The van der Waals surface area contributed by atoms with Crippen LogP contribution in [0.15, 0.2) is 6.20 Å². The summed E-state index contributed by atoms with van der Waals surface area (Å²) in [6.45, 7) is 7.07. The van der Waals surface area contributed by atoms with E-state index >= 15 is 0 Å². The van der Waals surface area contributed by atoms with Gasteiger partial charge in [0.1, 0.15) is 0 Å². The Kier molecular flexibility index (Phi) is 5.34. The lowest BCUT2D eigenvalue weighted by Gasteiger charge is -2.12. The number of aryl methyl sites for hydroxylation is 1. The van der Waals surface area contributed by atoms with E-state index in [9.17, 15) is 8.42 Å². The minimum absolute atomic E-state index is 0.157. The van der Waals surface area contributed by atoms with Gasteiger partial charge in [0.2, 0.25) is 0 Å². The Bertz CT molecular complexity index is 478. The summed E-state index contributed by atoms with van der Waals surface area (Å²) in [6.07, 6.45) is 1.82. The van der Waals surface area contributed by atoms with Crippen molar-refractivity contribution in [3.63, 3.8) is 0 Å². The van der Waals surface area contributed by atoms with Crippen LogP contribution in [0.25, 0.3) is 0 Å². The van der Waals surface area contributed by atoms with Crippen molar-refractivity contribution in [1.29, 1.82) is 0 Å². The molecule has 0 amide bonds. The van der Waals surface area contributed by atoms with Crippen molar-refractivity contribution >= 4 is 9.84 Å². The SMILES string of the molecule is CCS(=O)(=O)CCn1ncc(CNC)c1C(C)C. The standard InChI is InChI=1S/C12H23N3O2S/c1-5-18(16,17)7-6-15-12(10(2)3)11(8-13-4)9-14-15/h9-10,13H,5-8H2,1-4H3. The third kappa shape index (κ3) is 3.81. The number of sulfone groups is 1. The molecule has 0 radical (unpaired) electrons. The van der Waals surface area contributed by atoms with Crippen LogP contribution in [-0.4, -0.2) is 36.8 Å². The minimum Gasteiger partial charge on any atom is -0.316 e. The molecular formula is C12H23N3O2S. The zero-order valence-electron chi connectivity index (χ0n) is 11.6. The molecule has 1 heterocycles. The van der Waals surface area contributed by atoms with Crippen LogP contribution in [0, 0.1) is 0 Å². The van der Waals surface area contributed by atoms with Crippen LogP contribution in [0.3, 0.4) is 0 Å². The fraction of sp³-hybridized carbons (Fsp3) is 0.750. The molecule has 1 aromatic heterocycles. The average Bonchev–Trinajstić information content (AvgIpc) is 2.70. The van der Waals surface area contributed by atoms with Gasteiger partial charge in [-0.1, -0.05) is 20.8 Å². The van der Waals surface area contributed by atoms with E-state index in [1.54, 1.807) is 6.92 Å². The lowest BCUT2D eigenvalue weighted by atomic mass is 10.1. The zero-order chi connectivity index (χ0) is 13.8. The van der Waals surface area contributed by atoms with Crippen molar-refractivity contribution in [1.82, 2.24) is 15.1 Å². The maximum Gasteiger partial charge on any atom is 0.151 e. The van der Waals surface area contributed by atoms with Crippen LogP contribution in [0.5, 0.6) is 0 Å². The van der Waals surface area contributed by atoms with Gasteiger partial charge in [-0.2, -0.15) is 5.10 Å². The van der Waals surface area contributed by atoms with Crippen LogP contribution in [0.1, 0.15) is 37.9 Å². The molecule has 0 unspecified atom stereocenters. The Morgan fingerprint density at radius 3 is 2.61 bits per heavy atom. The van der Waals surface area contributed by atoms with Crippen molar-refractivity contribution in [2.75, 3.05) is 18.6 Å². The van der Waals surface area contributed by atoms with Gasteiger partial charge in [-0.05, 0) is 13.0 Å². The summed E-state index contributed by atoms with van der Waals surface area (Å²) in [5.41, 5.74) is 2.26. The number of nitrogens with zero attached hydrogens (tertiary/aromatic N) is 2. The second-order valence-electron chi connectivity index (χ2n) is 4.70. The van der Waals surface area contributed by atoms with E-state index < -0.39 is 9.84 Å². The van der Waals surface area contributed by atoms with Crippen LogP contribution in [0.4, 0.5) is 0 Å². The molecule has 1 N–H and O–H groups in total. The van der Waals surface area contributed by atoms with Crippen LogP contribution < -0.4 is 5.32 Å². The molecule has 6 heteroatoms. The number of nitrogens with one attached hydrogen (secondary N) is 1. The Morgan fingerprint density at radius 1 is 1.44 bits per heavy atom. The topological polar surface area (TPSA) is 64.0 Å². The summed E-state index contributed by atoms with van der Waals surface area (Å²) in [7, 11) is -1.05. The highest BCUT2D eigenvalue weighted by molar-refractivity contribution is 7.91. The molecule has 0 aliphatic heterocycles. The average molecular weight is 273 g/mol. The molecule has 1 aromatic rings. The maximum absolute atomic E-state index is 11.5. The highest BCUT2D eigenvalue weighted by Crippen LogP contribution is 2.19. The predicted molar refractivity (Wildman–Crippen MR) is 73.4 cm³/mol. The number of aromatic nitrogens is 2. The van der Waals surface area contributed by atoms with E-state index in [1.165, 1.54) is 0 Å². The third-order valence-electron chi connectivity index (χ3n) is 2.93. The second-order valence-corrected chi connectivity index (χ2v) is 7.17. The molecule has 1 rings (SSSR count). The Balaban J connectivity index is 2.89. The lowest BCUT2D eigenvalue weighted by Crippen LogP contribution is -2.18. The quantitative estimate of drug-likeness (QED) is 0.810. The van der Waals surface area contributed by atoms with E-state index in [1.807, 2.05) is 17.9 Å². The van der Waals surface area contributed by atoms with Crippen LogP contribution >= 0.6 is 0 Å². The summed E-state index contributed by atoms with van der Waals surface area (Å²) in [4.78, 5) is 0. The van der Waals surface area contributed by atoms with Gasteiger partial charge in [0.25, 0.3) is 0 Å². The predicted octanol–water partition coefficient (Wildman–Crippen LogP) is 1.16. The van der Waals surface area contributed by atoms with Gasteiger partial charge in [0.05, 0.1) is 18.5 Å². The number of hydrogen-bond acceptors (Lipinski definition) is 4. The molecule has 0 fully saturated rings. The first kappa shape index (κ1) is 15.2. The minimum atomic E-state index is -2.94. The zero-order valence-corrected chi connectivity index (χ0v) is 12.4. The summed E-state index contributed by atoms with van der Waals surface area (Å²) >= 11 is 0. The fourth-order valence-electron chi connectivity index (χ4n) is 1.98. The first-order valence-corrected chi connectivity index (χ1v) is 8.13. The molecule has 0 saturated heterocycles. The molecule has 0 bridgehead atoms. The molecule has 0 saturated carbocycles. The Morgan fingerprint density at radius 2 is 2.11 bits per heavy atom. The van der Waals surface area contributed by atoms with Gasteiger partial charge in [-0.25, -0.2) is 8.42 Å². The van der Waals surface area contributed by atoms with E-state index in [2.05, 4.69) is 24.3 Å². The molecular weight excluding hydrogens is 250 g/mol. The van der Waals surface area contributed by atoms with Gasteiger partial charge in [-0.15, -0.1) is 0 Å². The Hall–Kier alpha value is -0.880. The largest absolute Gasteiger partial charge is 0.316 e. The van der Waals surface area contributed by atoms with E-state index in [4.69, 9.17) is 0 Å². The van der Waals surface area contributed by atoms with Crippen molar-refractivity contribution in [2.24, 2.45) is 0 Å². The third-order valence-corrected chi connectivity index (χ3v) is 4.61. The van der Waals surface area contributed by atoms with E-state index in [0.29, 0.717) is 12.5 Å². The summed E-state index contributed by atoms with van der Waals surface area (Å²) in [6, 6.07) is 0. The van der Waals surface area contributed by atoms with Gasteiger partial charge < -0.3 is 5.32 Å². The number of hydrogen-bond donors (Lipinski definition) is 1. The molecule has 5 nitrogen and oxygen atoms in total. The first-order chi connectivity index (χ1) is 8.41. The normalized spacial score (nSPS) is 12.3. The smallest absolute Gasteiger partial charge is 0.151 e. The highest BCUT2D eigenvalue weighted by Gasteiger charge is 2.15. The number of rotatable bonds is 7. The Labute approximate surface area is 109 Å². The first-order valence-electron chi connectivity index (χ1n) is 6.30. The molecule has 104 valence electrons. The monoisotopic (exact) mass is 273 g/mol. The van der Waals surface area contributed by atoms with E-state index in [0.717, 1.165) is 17.8 Å².